The summed E-state index contributed by atoms with van der Waals surface area (Å²) in [5.74, 6) is 4.88. The summed E-state index contributed by atoms with van der Waals surface area (Å²) < 4.78 is 26.1. The standard InChI is InChI=1S/C21H19F2Si/c1-2-16-11-13-24(14-12-16)19-8-5-17(6-9-19)3-4-18-7-10-20(22)21(23)15-18/h2,5-10,15-16H,1,11-14H2. The van der Waals surface area contributed by atoms with Gasteiger partial charge in [-0.2, -0.15) is 0 Å². The van der Waals surface area contributed by atoms with Crippen LogP contribution in [0.5, 0.6) is 0 Å². The van der Waals surface area contributed by atoms with E-state index in [2.05, 4.69) is 36.6 Å². The molecule has 1 radical (unpaired) electrons. The number of hydrogen-bond donors (Lipinski definition) is 0. The van der Waals surface area contributed by atoms with Gasteiger partial charge in [-0.05, 0) is 49.1 Å². The SMILES string of the molecule is C=CC1CC[Si](c2ccc(C#Cc3ccc(F)c(F)c3)cc2)CC1. The van der Waals surface area contributed by atoms with Gasteiger partial charge in [0.15, 0.2) is 11.6 Å². The number of halogens is 2. The van der Waals surface area contributed by atoms with E-state index < -0.39 is 20.4 Å². The van der Waals surface area contributed by atoms with Gasteiger partial charge in [0.1, 0.15) is 0 Å². The second kappa shape index (κ2) is 7.59. The van der Waals surface area contributed by atoms with E-state index in [0.29, 0.717) is 11.5 Å². The monoisotopic (exact) mass is 337 g/mol. The molecule has 1 aliphatic rings. The first-order valence-electron chi connectivity index (χ1n) is 8.20. The minimum absolute atomic E-state index is 0.448. The lowest BCUT2D eigenvalue weighted by molar-refractivity contribution is 0.508. The normalized spacial score (nSPS) is 15.6. The fourth-order valence-electron chi connectivity index (χ4n) is 3.02. The molecule has 0 atom stereocenters. The molecule has 2 aromatic rings. The van der Waals surface area contributed by atoms with Gasteiger partial charge in [0.25, 0.3) is 0 Å². The summed E-state index contributed by atoms with van der Waals surface area (Å²) in [5, 5.41) is 1.46. The highest BCUT2D eigenvalue weighted by atomic mass is 28.3. The molecule has 121 valence electrons. The Hall–Kier alpha value is -2.18. The van der Waals surface area contributed by atoms with Crippen LogP contribution >= 0.6 is 0 Å². The predicted molar refractivity (Wildman–Crippen MR) is 96.7 cm³/mol. The molecule has 24 heavy (non-hydrogen) atoms. The smallest absolute Gasteiger partial charge is 0.160 e. The second-order valence-electron chi connectivity index (χ2n) is 6.13. The van der Waals surface area contributed by atoms with Crippen molar-refractivity contribution < 1.29 is 8.78 Å². The first-order chi connectivity index (χ1) is 11.7. The van der Waals surface area contributed by atoms with E-state index in [1.165, 1.54) is 36.2 Å². The molecule has 0 aromatic heterocycles. The van der Waals surface area contributed by atoms with Gasteiger partial charge >= 0.3 is 0 Å². The summed E-state index contributed by atoms with van der Waals surface area (Å²) in [6, 6.07) is 14.7. The Morgan fingerprint density at radius 1 is 0.917 bits per heavy atom. The van der Waals surface area contributed by atoms with Crippen LogP contribution < -0.4 is 5.19 Å². The molecule has 0 unspecified atom stereocenters. The largest absolute Gasteiger partial charge is 0.204 e. The summed E-state index contributed by atoms with van der Waals surface area (Å²) in [6.45, 7) is 3.90. The molecule has 0 saturated carbocycles. The summed E-state index contributed by atoms with van der Waals surface area (Å²) in [6.07, 6.45) is 4.61. The van der Waals surface area contributed by atoms with Crippen molar-refractivity contribution in [3.8, 4) is 11.8 Å². The molecule has 0 spiro atoms. The highest BCUT2D eigenvalue weighted by Gasteiger charge is 2.21. The van der Waals surface area contributed by atoms with Crippen molar-refractivity contribution in [2.45, 2.75) is 24.9 Å². The lowest BCUT2D eigenvalue weighted by Crippen LogP contribution is -2.33. The van der Waals surface area contributed by atoms with E-state index in [0.717, 1.165) is 17.7 Å². The summed E-state index contributed by atoms with van der Waals surface area (Å²) in [7, 11) is -0.448. The molecule has 0 nitrogen and oxygen atoms in total. The zero-order valence-corrected chi connectivity index (χ0v) is 14.5. The molecular formula is C21H19F2Si. The maximum atomic E-state index is 13.2. The van der Waals surface area contributed by atoms with E-state index in [1.807, 2.05) is 12.1 Å². The number of benzene rings is 2. The van der Waals surface area contributed by atoms with Crippen LogP contribution in [0.2, 0.25) is 12.1 Å². The zero-order chi connectivity index (χ0) is 16.9. The summed E-state index contributed by atoms with van der Waals surface area (Å²) >= 11 is 0. The highest BCUT2D eigenvalue weighted by Crippen LogP contribution is 2.25. The van der Waals surface area contributed by atoms with Gasteiger partial charge in [-0.1, -0.05) is 47.3 Å². The molecule has 0 amide bonds. The van der Waals surface area contributed by atoms with Gasteiger partial charge in [0.05, 0.1) is 8.80 Å². The van der Waals surface area contributed by atoms with Crippen LogP contribution in [0.15, 0.2) is 55.1 Å². The van der Waals surface area contributed by atoms with Crippen molar-refractivity contribution in [1.82, 2.24) is 0 Å². The van der Waals surface area contributed by atoms with Crippen molar-refractivity contribution in [1.29, 1.82) is 0 Å². The lowest BCUT2D eigenvalue weighted by atomic mass is 10.0. The quantitative estimate of drug-likeness (QED) is 0.425. The van der Waals surface area contributed by atoms with E-state index in [9.17, 15) is 8.78 Å². The molecule has 0 aliphatic carbocycles. The number of hydrogen-bond acceptors (Lipinski definition) is 0. The topological polar surface area (TPSA) is 0 Å². The molecule has 1 aliphatic heterocycles. The van der Waals surface area contributed by atoms with Crippen LogP contribution in [0.25, 0.3) is 0 Å². The maximum absolute atomic E-state index is 13.2. The van der Waals surface area contributed by atoms with Crippen molar-refractivity contribution in [2.75, 3.05) is 0 Å². The molecule has 0 bridgehead atoms. The number of rotatable bonds is 2. The van der Waals surface area contributed by atoms with Crippen LogP contribution in [-0.2, 0) is 0 Å². The number of allylic oxidation sites excluding steroid dienone is 1. The minimum atomic E-state index is -0.864. The Labute approximate surface area is 143 Å². The minimum Gasteiger partial charge on any atom is -0.204 e. The van der Waals surface area contributed by atoms with Gasteiger partial charge in [-0.25, -0.2) is 8.78 Å². The second-order valence-corrected chi connectivity index (χ2v) is 8.92. The van der Waals surface area contributed by atoms with Crippen LogP contribution in [0, 0.1) is 29.4 Å². The molecule has 2 aromatic carbocycles. The van der Waals surface area contributed by atoms with Gasteiger partial charge in [-0.15, -0.1) is 6.58 Å². The molecule has 0 N–H and O–H groups in total. The van der Waals surface area contributed by atoms with E-state index in [4.69, 9.17) is 0 Å². The first kappa shape index (κ1) is 16.7. The van der Waals surface area contributed by atoms with Crippen molar-refractivity contribution in [3.63, 3.8) is 0 Å². The van der Waals surface area contributed by atoms with E-state index in [1.54, 1.807) is 0 Å². The predicted octanol–water partition coefficient (Wildman–Crippen LogP) is 4.66. The van der Waals surface area contributed by atoms with Crippen LogP contribution in [0.4, 0.5) is 8.78 Å². The van der Waals surface area contributed by atoms with Gasteiger partial charge in [0, 0.05) is 11.1 Å². The maximum Gasteiger partial charge on any atom is 0.160 e. The third kappa shape index (κ3) is 4.01. The first-order valence-corrected chi connectivity index (χ1v) is 10.1. The molecule has 1 fully saturated rings. The molecule has 1 saturated heterocycles. The van der Waals surface area contributed by atoms with Gasteiger partial charge in [-0.3, -0.25) is 0 Å². The average Bonchev–Trinajstić information content (AvgIpc) is 2.63. The Bertz CT molecular complexity index is 776. The summed E-state index contributed by atoms with van der Waals surface area (Å²) in [5.41, 5.74) is 1.37. The Morgan fingerprint density at radius 2 is 1.54 bits per heavy atom. The van der Waals surface area contributed by atoms with Crippen molar-refractivity contribution >= 4 is 14.0 Å². The van der Waals surface area contributed by atoms with Crippen molar-refractivity contribution in [3.05, 3.63) is 77.9 Å². The van der Waals surface area contributed by atoms with Crippen LogP contribution in [0.1, 0.15) is 24.0 Å². The zero-order valence-electron chi connectivity index (χ0n) is 13.5. The van der Waals surface area contributed by atoms with Gasteiger partial charge in [0.2, 0.25) is 0 Å². The third-order valence-corrected chi connectivity index (χ3v) is 7.47. The van der Waals surface area contributed by atoms with Gasteiger partial charge < -0.3 is 0 Å². The Balaban J connectivity index is 1.68. The fourth-order valence-corrected chi connectivity index (χ4v) is 5.92. The lowest BCUT2D eigenvalue weighted by Gasteiger charge is -2.25. The molecule has 3 rings (SSSR count). The highest BCUT2D eigenvalue weighted by molar-refractivity contribution is 6.73. The third-order valence-electron chi connectivity index (χ3n) is 4.53. The Morgan fingerprint density at radius 3 is 2.17 bits per heavy atom. The molecular weight excluding hydrogens is 318 g/mol. The van der Waals surface area contributed by atoms with E-state index >= 15 is 0 Å². The average molecular weight is 337 g/mol. The van der Waals surface area contributed by atoms with Crippen molar-refractivity contribution in [2.24, 2.45) is 5.92 Å². The molecule has 3 heteroatoms. The molecule has 1 heterocycles. The Kier molecular flexibility index (Phi) is 5.27. The summed E-state index contributed by atoms with van der Waals surface area (Å²) in [4.78, 5) is 0. The fraction of sp³-hybridized carbons (Fsp3) is 0.238. The van der Waals surface area contributed by atoms with E-state index in [-0.39, 0.29) is 0 Å². The van der Waals surface area contributed by atoms with Crippen LogP contribution in [0.3, 0.4) is 0 Å². The van der Waals surface area contributed by atoms with Crippen LogP contribution in [-0.4, -0.2) is 8.80 Å².